The highest BCUT2D eigenvalue weighted by atomic mass is 16.5. The minimum atomic E-state index is -0.0638. The summed E-state index contributed by atoms with van der Waals surface area (Å²) in [6, 6.07) is 15.6. The predicted molar refractivity (Wildman–Crippen MR) is 99.8 cm³/mol. The lowest BCUT2D eigenvalue weighted by molar-refractivity contribution is 0.235. The van der Waals surface area contributed by atoms with Crippen molar-refractivity contribution in [2.24, 2.45) is 0 Å². The second-order valence-corrected chi connectivity index (χ2v) is 6.13. The second kappa shape index (κ2) is 7.49. The second-order valence-electron chi connectivity index (χ2n) is 6.13. The molecule has 0 fully saturated rings. The molecule has 0 atom stereocenters. The standard InChI is InChI=1S/C20H23N3O2/c1-4-25-19-12-8-5-9-16(19)13-22(3)14-23-20(24)18-11-7-6-10-17(18)15(2)21-23/h5-12H,4,13-14H2,1-3H3. The Balaban J connectivity index is 1.84. The fourth-order valence-corrected chi connectivity index (χ4v) is 3.00. The van der Waals surface area contributed by atoms with Gasteiger partial charge in [0.15, 0.2) is 0 Å². The van der Waals surface area contributed by atoms with E-state index in [0.717, 1.165) is 22.4 Å². The molecule has 0 saturated heterocycles. The summed E-state index contributed by atoms with van der Waals surface area (Å²) in [5.41, 5.74) is 1.89. The largest absolute Gasteiger partial charge is 0.494 e. The summed E-state index contributed by atoms with van der Waals surface area (Å²) in [5, 5.41) is 6.09. The van der Waals surface area contributed by atoms with E-state index in [1.165, 1.54) is 4.68 Å². The van der Waals surface area contributed by atoms with E-state index in [4.69, 9.17) is 4.74 Å². The van der Waals surface area contributed by atoms with E-state index in [0.29, 0.717) is 25.2 Å². The van der Waals surface area contributed by atoms with Gasteiger partial charge in [-0.05, 0) is 33.0 Å². The van der Waals surface area contributed by atoms with Crippen LogP contribution in [-0.4, -0.2) is 28.3 Å². The molecule has 3 rings (SSSR count). The molecule has 0 spiro atoms. The van der Waals surface area contributed by atoms with Crippen LogP contribution in [-0.2, 0) is 13.2 Å². The van der Waals surface area contributed by atoms with Crippen molar-refractivity contribution in [2.75, 3.05) is 13.7 Å². The van der Waals surface area contributed by atoms with Gasteiger partial charge in [-0.15, -0.1) is 0 Å². The maximum Gasteiger partial charge on any atom is 0.275 e. The highest BCUT2D eigenvalue weighted by Crippen LogP contribution is 2.19. The van der Waals surface area contributed by atoms with Crippen LogP contribution in [0.3, 0.4) is 0 Å². The van der Waals surface area contributed by atoms with Crippen LogP contribution < -0.4 is 10.3 Å². The van der Waals surface area contributed by atoms with Crippen molar-refractivity contribution in [3.05, 3.63) is 70.1 Å². The van der Waals surface area contributed by atoms with E-state index in [1.807, 2.05) is 69.4 Å². The molecule has 0 aliphatic rings. The zero-order chi connectivity index (χ0) is 17.8. The minimum absolute atomic E-state index is 0.0638. The molecule has 1 aromatic heterocycles. The topological polar surface area (TPSA) is 47.4 Å². The SMILES string of the molecule is CCOc1ccccc1CN(C)Cn1nc(C)c2ccccc2c1=O. The molecule has 0 aliphatic heterocycles. The van der Waals surface area contributed by atoms with E-state index in [-0.39, 0.29) is 5.56 Å². The molecule has 5 nitrogen and oxygen atoms in total. The summed E-state index contributed by atoms with van der Waals surface area (Å²) < 4.78 is 7.21. The smallest absolute Gasteiger partial charge is 0.275 e. The number of aromatic nitrogens is 2. The van der Waals surface area contributed by atoms with Crippen LogP contribution in [0.2, 0.25) is 0 Å². The predicted octanol–water partition coefficient (Wildman–Crippen LogP) is 3.19. The van der Waals surface area contributed by atoms with Crippen LogP contribution in [0.1, 0.15) is 18.2 Å². The summed E-state index contributed by atoms with van der Waals surface area (Å²) in [6.45, 7) is 5.64. The van der Waals surface area contributed by atoms with Gasteiger partial charge in [-0.3, -0.25) is 9.69 Å². The normalized spacial score (nSPS) is 11.2. The number of nitrogens with zero attached hydrogens (tertiary/aromatic N) is 3. The summed E-state index contributed by atoms with van der Waals surface area (Å²) in [7, 11) is 1.97. The third-order valence-electron chi connectivity index (χ3n) is 4.14. The lowest BCUT2D eigenvalue weighted by atomic mass is 10.1. The van der Waals surface area contributed by atoms with Crippen molar-refractivity contribution in [1.29, 1.82) is 0 Å². The molecule has 130 valence electrons. The highest BCUT2D eigenvalue weighted by Gasteiger charge is 2.11. The Morgan fingerprint density at radius 2 is 1.76 bits per heavy atom. The number of benzene rings is 2. The molecule has 3 aromatic rings. The molecule has 0 bridgehead atoms. The Labute approximate surface area is 147 Å². The molecular weight excluding hydrogens is 314 g/mol. The van der Waals surface area contributed by atoms with E-state index >= 15 is 0 Å². The minimum Gasteiger partial charge on any atom is -0.494 e. The Morgan fingerprint density at radius 1 is 1.08 bits per heavy atom. The van der Waals surface area contributed by atoms with Gasteiger partial charge in [0.05, 0.1) is 24.4 Å². The van der Waals surface area contributed by atoms with Gasteiger partial charge in [0.2, 0.25) is 0 Å². The van der Waals surface area contributed by atoms with Crippen LogP contribution in [0.25, 0.3) is 10.8 Å². The van der Waals surface area contributed by atoms with Gasteiger partial charge in [-0.2, -0.15) is 5.10 Å². The summed E-state index contributed by atoms with van der Waals surface area (Å²) >= 11 is 0. The van der Waals surface area contributed by atoms with Gasteiger partial charge in [0, 0.05) is 17.5 Å². The highest BCUT2D eigenvalue weighted by molar-refractivity contribution is 5.83. The summed E-state index contributed by atoms with van der Waals surface area (Å²) in [6.07, 6.45) is 0. The Morgan fingerprint density at radius 3 is 2.52 bits per heavy atom. The number of rotatable bonds is 6. The molecular formula is C20H23N3O2. The quantitative estimate of drug-likeness (QED) is 0.693. The van der Waals surface area contributed by atoms with Crippen LogP contribution in [0.4, 0.5) is 0 Å². The van der Waals surface area contributed by atoms with Crippen LogP contribution in [0.5, 0.6) is 5.75 Å². The first-order chi connectivity index (χ1) is 12.1. The third kappa shape index (κ3) is 3.72. The van der Waals surface area contributed by atoms with Crippen molar-refractivity contribution < 1.29 is 4.74 Å². The van der Waals surface area contributed by atoms with Gasteiger partial charge >= 0.3 is 0 Å². The number of aryl methyl sites for hydroxylation is 1. The van der Waals surface area contributed by atoms with Gasteiger partial charge in [-0.25, -0.2) is 4.68 Å². The molecule has 0 N–H and O–H groups in total. The molecule has 0 saturated carbocycles. The molecule has 0 unspecified atom stereocenters. The third-order valence-corrected chi connectivity index (χ3v) is 4.14. The number of hydrogen-bond donors (Lipinski definition) is 0. The molecule has 5 heteroatoms. The molecule has 0 amide bonds. The first-order valence-corrected chi connectivity index (χ1v) is 8.46. The van der Waals surface area contributed by atoms with E-state index in [1.54, 1.807) is 0 Å². The van der Waals surface area contributed by atoms with Gasteiger partial charge < -0.3 is 4.74 Å². The number of para-hydroxylation sites is 1. The maximum absolute atomic E-state index is 12.7. The Kier molecular flexibility index (Phi) is 5.14. The molecule has 0 aliphatic carbocycles. The summed E-state index contributed by atoms with van der Waals surface area (Å²) in [4.78, 5) is 14.7. The van der Waals surface area contributed by atoms with Crippen molar-refractivity contribution in [3.8, 4) is 5.75 Å². The number of ether oxygens (including phenoxy) is 1. The average Bonchev–Trinajstić information content (AvgIpc) is 2.61. The van der Waals surface area contributed by atoms with Crippen molar-refractivity contribution >= 4 is 10.8 Å². The monoisotopic (exact) mass is 337 g/mol. The van der Waals surface area contributed by atoms with Gasteiger partial charge in [0.1, 0.15) is 5.75 Å². The fourth-order valence-electron chi connectivity index (χ4n) is 3.00. The zero-order valence-electron chi connectivity index (χ0n) is 14.9. The lowest BCUT2D eigenvalue weighted by Crippen LogP contribution is -2.32. The Bertz CT molecular complexity index is 934. The van der Waals surface area contributed by atoms with Crippen LogP contribution >= 0.6 is 0 Å². The molecule has 0 radical (unpaired) electrons. The van der Waals surface area contributed by atoms with Crippen molar-refractivity contribution in [2.45, 2.75) is 27.1 Å². The van der Waals surface area contributed by atoms with Crippen molar-refractivity contribution in [1.82, 2.24) is 14.7 Å². The van der Waals surface area contributed by atoms with Gasteiger partial charge in [-0.1, -0.05) is 36.4 Å². The number of hydrogen-bond acceptors (Lipinski definition) is 4. The zero-order valence-corrected chi connectivity index (χ0v) is 14.9. The molecule has 25 heavy (non-hydrogen) atoms. The first kappa shape index (κ1) is 17.2. The molecule has 1 heterocycles. The van der Waals surface area contributed by atoms with Crippen LogP contribution in [0.15, 0.2) is 53.3 Å². The first-order valence-electron chi connectivity index (χ1n) is 8.46. The lowest BCUT2D eigenvalue weighted by Gasteiger charge is -2.20. The summed E-state index contributed by atoms with van der Waals surface area (Å²) in [5.74, 6) is 0.881. The van der Waals surface area contributed by atoms with E-state index in [2.05, 4.69) is 10.00 Å². The van der Waals surface area contributed by atoms with Crippen molar-refractivity contribution in [3.63, 3.8) is 0 Å². The van der Waals surface area contributed by atoms with E-state index in [9.17, 15) is 4.79 Å². The average molecular weight is 337 g/mol. The van der Waals surface area contributed by atoms with Crippen LogP contribution in [0, 0.1) is 6.92 Å². The van der Waals surface area contributed by atoms with E-state index < -0.39 is 0 Å². The maximum atomic E-state index is 12.7. The van der Waals surface area contributed by atoms with Gasteiger partial charge in [0.25, 0.3) is 5.56 Å². The molecule has 2 aromatic carbocycles. The number of fused-ring (bicyclic) bond motifs is 1. The fraction of sp³-hybridized carbons (Fsp3) is 0.300. The Hall–Kier alpha value is -2.66.